The highest BCUT2D eigenvalue weighted by Gasteiger charge is 2.10. The van der Waals surface area contributed by atoms with E-state index in [1.165, 1.54) is 0 Å². The van der Waals surface area contributed by atoms with Gasteiger partial charge >= 0.3 is 5.97 Å². The molecule has 1 heterocycles. The molecule has 5 heteroatoms. The minimum absolute atomic E-state index is 0.0963. The van der Waals surface area contributed by atoms with Gasteiger partial charge in [-0.15, -0.1) is 0 Å². The van der Waals surface area contributed by atoms with Crippen molar-refractivity contribution < 1.29 is 9.90 Å². The zero-order valence-electron chi connectivity index (χ0n) is 9.42. The number of nitrogen functional groups attached to an aromatic ring is 1. The van der Waals surface area contributed by atoms with Crippen LogP contribution in [0.15, 0.2) is 30.5 Å². The Kier molecular flexibility index (Phi) is 2.82. The largest absolute Gasteiger partial charge is 0.480 e. The second-order valence-corrected chi connectivity index (χ2v) is 3.86. The van der Waals surface area contributed by atoms with Crippen molar-refractivity contribution >= 4 is 28.2 Å². The van der Waals surface area contributed by atoms with Gasteiger partial charge in [0.25, 0.3) is 0 Å². The van der Waals surface area contributed by atoms with Crippen LogP contribution in [0.3, 0.4) is 0 Å². The molecule has 3 N–H and O–H groups in total. The number of carbonyl (C=O) groups is 1. The Hall–Kier alpha value is -2.30. The van der Waals surface area contributed by atoms with Gasteiger partial charge in [-0.2, -0.15) is 0 Å². The molecular formula is C12H13N3O2. The van der Waals surface area contributed by atoms with E-state index in [1.54, 1.807) is 24.2 Å². The lowest BCUT2D eigenvalue weighted by atomic mass is 10.1. The van der Waals surface area contributed by atoms with E-state index in [4.69, 9.17) is 10.8 Å². The summed E-state index contributed by atoms with van der Waals surface area (Å²) in [4.78, 5) is 16.5. The van der Waals surface area contributed by atoms with Crippen molar-refractivity contribution in [2.75, 3.05) is 24.2 Å². The van der Waals surface area contributed by atoms with Crippen molar-refractivity contribution in [3.63, 3.8) is 0 Å². The van der Waals surface area contributed by atoms with Gasteiger partial charge in [0, 0.05) is 24.3 Å². The SMILES string of the molecule is CN(CC(=O)O)c1nccc2ccc(N)cc12. The van der Waals surface area contributed by atoms with Crippen LogP contribution in [0.2, 0.25) is 0 Å². The fraction of sp³-hybridized carbons (Fsp3) is 0.167. The number of benzene rings is 1. The lowest BCUT2D eigenvalue weighted by Gasteiger charge is -2.17. The average Bonchev–Trinajstić information content (AvgIpc) is 2.27. The molecule has 2 rings (SSSR count). The number of nitrogens with zero attached hydrogens (tertiary/aromatic N) is 2. The molecule has 5 nitrogen and oxygen atoms in total. The van der Waals surface area contributed by atoms with Gasteiger partial charge < -0.3 is 15.7 Å². The zero-order valence-corrected chi connectivity index (χ0v) is 9.42. The number of hydrogen-bond acceptors (Lipinski definition) is 4. The first-order chi connectivity index (χ1) is 8.08. The molecule has 0 saturated heterocycles. The minimum Gasteiger partial charge on any atom is -0.480 e. The van der Waals surface area contributed by atoms with Crippen molar-refractivity contribution in [1.82, 2.24) is 4.98 Å². The Morgan fingerprint density at radius 3 is 2.94 bits per heavy atom. The molecule has 0 atom stereocenters. The van der Waals surface area contributed by atoms with Crippen LogP contribution in [-0.2, 0) is 4.79 Å². The van der Waals surface area contributed by atoms with Crippen LogP contribution < -0.4 is 10.6 Å². The molecule has 0 spiro atoms. The van der Waals surface area contributed by atoms with Crippen LogP contribution >= 0.6 is 0 Å². The van der Waals surface area contributed by atoms with Gasteiger partial charge in [0.05, 0.1) is 0 Å². The molecule has 0 fully saturated rings. The van der Waals surface area contributed by atoms with E-state index >= 15 is 0 Å². The second-order valence-electron chi connectivity index (χ2n) is 3.86. The third-order valence-electron chi connectivity index (χ3n) is 2.50. The van der Waals surface area contributed by atoms with Gasteiger partial charge in [-0.05, 0) is 23.6 Å². The maximum atomic E-state index is 10.7. The molecule has 1 aromatic heterocycles. The summed E-state index contributed by atoms with van der Waals surface area (Å²) in [5.74, 6) is -0.271. The number of aliphatic carboxylic acids is 1. The molecular weight excluding hydrogens is 218 g/mol. The number of likely N-dealkylation sites (N-methyl/N-ethyl adjacent to an activating group) is 1. The number of rotatable bonds is 3. The number of carboxylic acids is 1. The maximum Gasteiger partial charge on any atom is 0.323 e. The van der Waals surface area contributed by atoms with Gasteiger partial charge in [-0.3, -0.25) is 4.79 Å². The summed E-state index contributed by atoms with van der Waals surface area (Å²) in [6, 6.07) is 7.37. The number of carboxylic acid groups (broad SMARTS) is 1. The molecule has 2 aromatic rings. The van der Waals surface area contributed by atoms with Crippen molar-refractivity contribution in [3.8, 4) is 0 Å². The fourth-order valence-corrected chi connectivity index (χ4v) is 1.75. The summed E-state index contributed by atoms with van der Waals surface area (Å²) in [7, 11) is 1.69. The van der Waals surface area contributed by atoms with Gasteiger partial charge in [-0.25, -0.2) is 4.98 Å². The van der Waals surface area contributed by atoms with E-state index in [9.17, 15) is 4.79 Å². The first-order valence-corrected chi connectivity index (χ1v) is 5.15. The van der Waals surface area contributed by atoms with Gasteiger partial charge in [0.1, 0.15) is 12.4 Å². The first-order valence-electron chi connectivity index (χ1n) is 5.15. The molecule has 1 aromatic carbocycles. The number of pyridine rings is 1. The molecule has 0 aliphatic carbocycles. The minimum atomic E-state index is -0.893. The van der Waals surface area contributed by atoms with Gasteiger partial charge in [0.15, 0.2) is 0 Å². The van der Waals surface area contributed by atoms with E-state index < -0.39 is 5.97 Å². The van der Waals surface area contributed by atoms with E-state index in [-0.39, 0.29) is 6.54 Å². The summed E-state index contributed by atoms with van der Waals surface area (Å²) in [6.07, 6.45) is 1.66. The normalized spacial score (nSPS) is 10.4. The van der Waals surface area contributed by atoms with Crippen molar-refractivity contribution in [3.05, 3.63) is 30.5 Å². The van der Waals surface area contributed by atoms with Crippen LogP contribution in [0, 0.1) is 0 Å². The lowest BCUT2D eigenvalue weighted by Crippen LogP contribution is -2.26. The molecule has 0 radical (unpaired) electrons. The molecule has 88 valence electrons. The number of fused-ring (bicyclic) bond motifs is 1. The van der Waals surface area contributed by atoms with Crippen molar-refractivity contribution in [2.45, 2.75) is 0 Å². The van der Waals surface area contributed by atoms with Crippen LogP contribution in [-0.4, -0.2) is 29.7 Å². The lowest BCUT2D eigenvalue weighted by molar-refractivity contribution is -0.135. The highest BCUT2D eigenvalue weighted by molar-refractivity contribution is 5.94. The Bertz CT molecular complexity index is 569. The third-order valence-corrected chi connectivity index (χ3v) is 2.50. The quantitative estimate of drug-likeness (QED) is 0.779. The summed E-state index contributed by atoms with van der Waals surface area (Å²) in [5, 5.41) is 10.6. The second kappa shape index (κ2) is 4.29. The van der Waals surface area contributed by atoms with Crippen LogP contribution in [0.5, 0.6) is 0 Å². The highest BCUT2D eigenvalue weighted by Crippen LogP contribution is 2.25. The van der Waals surface area contributed by atoms with Gasteiger partial charge in [-0.1, -0.05) is 6.07 Å². The fourth-order valence-electron chi connectivity index (χ4n) is 1.75. The monoisotopic (exact) mass is 231 g/mol. The zero-order chi connectivity index (χ0) is 12.4. The molecule has 0 amide bonds. The standard InChI is InChI=1S/C12H13N3O2/c1-15(7-11(16)17)12-10-6-9(13)3-2-8(10)4-5-14-12/h2-6H,7,13H2,1H3,(H,16,17). The number of nitrogens with two attached hydrogens (primary N) is 1. The average molecular weight is 231 g/mol. The van der Waals surface area contributed by atoms with Crippen molar-refractivity contribution in [2.24, 2.45) is 0 Å². The predicted octanol–water partition coefficient (Wildman–Crippen LogP) is 1.34. The molecule has 0 saturated carbocycles. The van der Waals surface area contributed by atoms with E-state index in [2.05, 4.69) is 4.98 Å². The summed E-state index contributed by atoms with van der Waals surface area (Å²) in [5.41, 5.74) is 6.37. The highest BCUT2D eigenvalue weighted by atomic mass is 16.4. The van der Waals surface area contributed by atoms with Gasteiger partial charge in [0.2, 0.25) is 0 Å². The third kappa shape index (κ3) is 2.28. The first kappa shape index (κ1) is 11.2. The molecule has 17 heavy (non-hydrogen) atoms. The van der Waals surface area contributed by atoms with E-state index in [0.29, 0.717) is 11.5 Å². The summed E-state index contributed by atoms with van der Waals surface area (Å²) >= 11 is 0. The van der Waals surface area contributed by atoms with E-state index in [0.717, 1.165) is 10.8 Å². The molecule has 0 aliphatic heterocycles. The maximum absolute atomic E-state index is 10.7. The smallest absolute Gasteiger partial charge is 0.323 e. The molecule has 0 bridgehead atoms. The Morgan fingerprint density at radius 2 is 2.24 bits per heavy atom. The van der Waals surface area contributed by atoms with Crippen LogP contribution in [0.25, 0.3) is 10.8 Å². The summed E-state index contributed by atoms with van der Waals surface area (Å²) < 4.78 is 0. The van der Waals surface area contributed by atoms with Crippen molar-refractivity contribution in [1.29, 1.82) is 0 Å². The number of hydrogen-bond donors (Lipinski definition) is 2. The molecule has 0 unspecified atom stereocenters. The van der Waals surface area contributed by atoms with Crippen LogP contribution in [0.4, 0.5) is 11.5 Å². The van der Waals surface area contributed by atoms with Crippen LogP contribution in [0.1, 0.15) is 0 Å². The number of anilines is 2. The van der Waals surface area contributed by atoms with E-state index in [1.807, 2.05) is 18.2 Å². The topological polar surface area (TPSA) is 79.5 Å². The Morgan fingerprint density at radius 1 is 1.47 bits per heavy atom. The predicted molar refractivity (Wildman–Crippen MR) is 67.1 cm³/mol. The Balaban J connectivity index is 2.52. The molecule has 0 aliphatic rings. The number of aromatic nitrogens is 1. The Labute approximate surface area is 98.5 Å². The summed E-state index contributed by atoms with van der Waals surface area (Å²) in [6.45, 7) is -0.0963.